The van der Waals surface area contributed by atoms with Gasteiger partial charge in [0.1, 0.15) is 0 Å². The molecule has 2 N–H and O–H groups in total. The Morgan fingerprint density at radius 1 is 1.39 bits per heavy atom. The Morgan fingerprint density at radius 3 is 2.67 bits per heavy atom. The van der Waals surface area contributed by atoms with E-state index in [0.717, 1.165) is 26.1 Å². The Kier molecular flexibility index (Phi) is 4.38. The quantitative estimate of drug-likeness (QED) is 0.881. The van der Waals surface area contributed by atoms with Crippen LogP contribution in [-0.4, -0.2) is 43.8 Å². The first-order chi connectivity index (χ1) is 8.58. The lowest BCUT2D eigenvalue weighted by atomic mass is 9.94. The third-order valence-corrected chi connectivity index (χ3v) is 3.86. The van der Waals surface area contributed by atoms with Crippen molar-refractivity contribution >= 4 is 0 Å². The van der Waals surface area contributed by atoms with E-state index in [1.165, 1.54) is 16.7 Å². The molecule has 1 aliphatic rings. The fourth-order valence-electron chi connectivity index (χ4n) is 2.61. The fraction of sp³-hybridized carbons (Fsp3) is 0.600. The monoisotopic (exact) mass is 248 g/mol. The average Bonchev–Trinajstić information content (AvgIpc) is 2.34. The third-order valence-electron chi connectivity index (χ3n) is 3.86. The number of ether oxygens (including phenoxy) is 1. The smallest absolute Gasteiger partial charge is 0.0856 e. The SMILES string of the molecule is Cc1cccc(C)c1CC(N)C1CN(C)CCO1. The molecule has 0 bridgehead atoms. The van der Waals surface area contributed by atoms with Crippen LogP contribution in [0, 0.1) is 13.8 Å². The number of nitrogens with zero attached hydrogens (tertiary/aromatic N) is 1. The van der Waals surface area contributed by atoms with Gasteiger partial charge in [-0.15, -0.1) is 0 Å². The van der Waals surface area contributed by atoms with Crippen LogP contribution in [0.25, 0.3) is 0 Å². The minimum Gasteiger partial charge on any atom is -0.374 e. The van der Waals surface area contributed by atoms with Crippen molar-refractivity contribution in [1.82, 2.24) is 4.90 Å². The van der Waals surface area contributed by atoms with E-state index in [1.54, 1.807) is 0 Å². The van der Waals surface area contributed by atoms with Crippen LogP contribution in [0.15, 0.2) is 18.2 Å². The summed E-state index contributed by atoms with van der Waals surface area (Å²) in [7, 11) is 2.13. The molecule has 0 amide bonds. The fourth-order valence-corrected chi connectivity index (χ4v) is 2.61. The zero-order chi connectivity index (χ0) is 13.1. The highest BCUT2D eigenvalue weighted by Crippen LogP contribution is 2.17. The molecule has 1 fully saturated rings. The molecule has 1 saturated heterocycles. The zero-order valence-corrected chi connectivity index (χ0v) is 11.6. The van der Waals surface area contributed by atoms with Crippen LogP contribution in [0.3, 0.4) is 0 Å². The summed E-state index contributed by atoms with van der Waals surface area (Å²) in [4.78, 5) is 2.29. The van der Waals surface area contributed by atoms with Crippen LogP contribution in [0.4, 0.5) is 0 Å². The molecule has 1 aliphatic heterocycles. The average molecular weight is 248 g/mol. The van der Waals surface area contributed by atoms with E-state index in [0.29, 0.717) is 0 Å². The van der Waals surface area contributed by atoms with Crippen molar-refractivity contribution in [3.8, 4) is 0 Å². The highest BCUT2D eigenvalue weighted by molar-refractivity contribution is 5.34. The molecule has 18 heavy (non-hydrogen) atoms. The maximum absolute atomic E-state index is 6.33. The van der Waals surface area contributed by atoms with Gasteiger partial charge in [0, 0.05) is 19.1 Å². The molecule has 1 aromatic rings. The second kappa shape index (κ2) is 5.83. The van der Waals surface area contributed by atoms with Crippen molar-refractivity contribution < 1.29 is 4.74 Å². The number of rotatable bonds is 3. The molecule has 0 radical (unpaired) electrons. The van der Waals surface area contributed by atoms with E-state index in [1.807, 2.05) is 0 Å². The van der Waals surface area contributed by atoms with Crippen molar-refractivity contribution in [2.24, 2.45) is 5.73 Å². The summed E-state index contributed by atoms with van der Waals surface area (Å²) in [6.07, 6.45) is 1.06. The number of benzene rings is 1. The van der Waals surface area contributed by atoms with Crippen molar-refractivity contribution in [2.75, 3.05) is 26.7 Å². The van der Waals surface area contributed by atoms with Crippen LogP contribution in [0.5, 0.6) is 0 Å². The second-order valence-electron chi connectivity index (χ2n) is 5.41. The number of morpholine rings is 1. The Bertz CT molecular complexity index is 385. The number of aryl methyl sites for hydroxylation is 2. The van der Waals surface area contributed by atoms with Crippen LogP contribution in [0.1, 0.15) is 16.7 Å². The third kappa shape index (κ3) is 3.10. The van der Waals surface area contributed by atoms with E-state index >= 15 is 0 Å². The van der Waals surface area contributed by atoms with Crippen molar-refractivity contribution in [3.05, 3.63) is 34.9 Å². The molecule has 1 aromatic carbocycles. The van der Waals surface area contributed by atoms with E-state index < -0.39 is 0 Å². The van der Waals surface area contributed by atoms with Gasteiger partial charge in [-0.2, -0.15) is 0 Å². The van der Waals surface area contributed by atoms with Gasteiger partial charge in [0.15, 0.2) is 0 Å². The zero-order valence-electron chi connectivity index (χ0n) is 11.6. The van der Waals surface area contributed by atoms with Gasteiger partial charge >= 0.3 is 0 Å². The van der Waals surface area contributed by atoms with Gasteiger partial charge in [-0.3, -0.25) is 0 Å². The molecule has 0 saturated carbocycles. The Balaban J connectivity index is 2.04. The molecular weight excluding hydrogens is 224 g/mol. The van der Waals surface area contributed by atoms with E-state index in [4.69, 9.17) is 10.5 Å². The van der Waals surface area contributed by atoms with E-state index in [9.17, 15) is 0 Å². The minimum absolute atomic E-state index is 0.0764. The lowest BCUT2D eigenvalue weighted by Gasteiger charge is -2.34. The number of likely N-dealkylation sites (N-methyl/N-ethyl adjacent to an activating group) is 1. The van der Waals surface area contributed by atoms with Gasteiger partial charge in [-0.1, -0.05) is 18.2 Å². The second-order valence-corrected chi connectivity index (χ2v) is 5.41. The molecule has 0 aliphatic carbocycles. The summed E-state index contributed by atoms with van der Waals surface area (Å²) >= 11 is 0. The maximum atomic E-state index is 6.33. The van der Waals surface area contributed by atoms with Gasteiger partial charge in [0.2, 0.25) is 0 Å². The molecule has 2 unspecified atom stereocenters. The topological polar surface area (TPSA) is 38.5 Å². The number of hydrogen-bond donors (Lipinski definition) is 1. The maximum Gasteiger partial charge on any atom is 0.0856 e. The first kappa shape index (κ1) is 13.5. The van der Waals surface area contributed by atoms with Crippen molar-refractivity contribution in [3.63, 3.8) is 0 Å². The summed E-state index contributed by atoms with van der Waals surface area (Å²) < 4.78 is 5.80. The Morgan fingerprint density at radius 2 is 2.06 bits per heavy atom. The standard InChI is InChI=1S/C15H24N2O/c1-11-5-4-6-12(2)13(11)9-14(16)15-10-17(3)7-8-18-15/h4-6,14-15H,7-10,16H2,1-3H3. The lowest BCUT2D eigenvalue weighted by Crippen LogP contribution is -2.50. The molecule has 2 atom stereocenters. The predicted octanol–water partition coefficient (Wildman–Crippen LogP) is 1.50. The van der Waals surface area contributed by atoms with Crippen LogP contribution in [-0.2, 0) is 11.2 Å². The largest absolute Gasteiger partial charge is 0.374 e. The van der Waals surface area contributed by atoms with Crippen molar-refractivity contribution in [2.45, 2.75) is 32.4 Å². The highest BCUT2D eigenvalue weighted by Gasteiger charge is 2.24. The molecule has 2 rings (SSSR count). The Labute approximate surface area is 110 Å². The van der Waals surface area contributed by atoms with Crippen molar-refractivity contribution in [1.29, 1.82) is 0 Å². The van der Waals surface area contributed by atoms with Crippen LogP contribution in [0.2, 0.25) is 0 Å². The molecule has 3 heteroatoms. The van der Waals surface area contributed by atoms with E-state index in [-0.39, 0.29) is 12.1 Å². The Hall–Kier alpha value is -0.900. The molecular formula is C15H24N2O. The molecule has 1 heterocycles. The molecule has 100 valence electrons. The van der Waals surface area contributed by atoms with Crippen LogP contribution < -0.4 is 5.73 Å². The summed E-state index contributed by atoms with van der Waals surface area (Å²) in [6, 6.07) is 6.49. The summed E-state index contributed by atoms with van der Waals surface area (Å²) in [5, 5.41) is 0. The number of nitrogens with two attached hydrogens (primary N) is 1. The predicted molar refractivity (Wildman–Crippen MR) is 74.8 cm³/mol. The lowest BCUT2D eigenvalue weighted by molar-refractivity contribution is -0.0319. The summed E-state index contributed by atoms with van der Waals surface area (Å²) in [5.41, 5.74) is 10.4. The first-order valence-corrected chi connectivity index (χ1v) is 6.68. The van der Waals surface area contributed by atoms with Gasteiger partial charge in [-0.25, -0.2) is 0 Å². The molecule has 3 nitrogen and oxygen atoms in total. The molecule has 0 aromatic heterocycles. The van der Waals surface area contributed by atoms with Gasteiger partial charge < -0.3 is 15.4 Å². The van der Waals surface area contributed by atoms with Gasteiger partial charge in [0.25, 0.3) is 0 Å². The normalized spacial score (nSPS) is 23.0. The first-order valence-electron chi connectivity index (χ1n) is 6.68. The number of hydrogen-bond acceptors (Lipinski definition) is 3. The van der Waals surface area contributed by atoms with Crippen LogP contribution >= 0.6 is 0 Å². The summed E-state index contributed by atoms with van der Waals surface area (Å²) in [5.74, 6) is 0. The highest BCUT2D eigenvalue weighted by atomic mass is 16.5. The van der Waals surface area contributed by atoms with E-state index in [2.05, 4.69) is 44.0 Å². The van der Waals surface area contributed by atoms with Gasteiger partial charge in [0.05, 0.1) is 12.7 Å². The molecule has 0 spiro atoms. The minimum atomic E-state index is 0.0764. The summed E-state index contributed by atoms with van der Waals surface area (Å²) in [6.45, 7) is 7.05. The van der Waals surface area contributed by atoms with Gasteiger partial charge in [-0.05, 0) is 44.0 Å².